The Bertz CT molecular complexity index is 245. The van der Waals surface area contributed by atoms with Crippen LogP contribution in [0.5, 0.6) is 0 Å². The number of ether oxygens (including phenoxy) is 3. The second-order valence-corrected chi connectivity index (χ2v) is 6.17. The van der Waals surface area contributed by atoms with Gasteiger partial charge in [0, 0.05) is 13.7 Å². The third-order valence-corrected chi connectivity index (χ3v) is 3.61. The fraction of sp³-hybridized carbons (Fsp3) is 1.00. The third kappa shape index (κ3) is 11.4. The van der Waals surface area contributed by atoms with Crippen LogP contribution in [0.3, 0.4) is 0 Å². The monoisotopic (exact) mass is 320 g/mol. The first-order chi connectivity index (χ1) is 10.5. The molecule has 2 atom stereocenters. The van der Waals surface area contributed by atoms with E-state index in [2.05, 4.69) is 6.92 Å². The van der Waals surface area contributed by atoms with E-state index in [0.717, 1.165) is 20.0 Å². The Labute approximate surface area is 136 Å². The molecule has 0 aromatic carbocycles. The fourth-order valence-electron chi connectivity index (χ4n) is 2.41. The Morgan fingerprint density at radius 3 is 2.41 bits per heavy atom. The minimum atomic E-state index is -0.480. The second kappa shape index (κ2) is 13.3. The highest BCUT2D eigenvalue weighted by Gasteiger charge is 2.32. The van der Waals surface area contributed by atoms with E-state index in [-0.39, 0.29) is 12.2 Å². The molecule has 1 aliphatic heterocycles. The first-order valence-electron chi connectivity index (χ1n) is 8.56. The lowest BCUT2D eigenvalue weighted by Gasteiger charge is -2.17. The molecule has 1 heterocycles. The van der Waals surface area contributed by atoms with Crippen LogP contribution in [-0.2, 0) is 14.2 Å². The number of rotatable bonds is 11. The van der Waals surface area contributed by atoms with Gasteiger partial charge in [0.1, 0.15) is 6.10 Å². The van der Waals surface area contributed by atoms with Crippen molar-refractivity contribution in [3.63, 3.8) is 0 Å². The summed E-state index contributed by atoms with van der Waals surface area (Å²) >= 11 is 0. The highest BCUT2D eigenvalue weighted by Crippen LogP contribution is 2.22. The van der Waals surface area contributed by atoms with E-state index in [9.17, 15) is 5.11 Å². The first kappa shape index (κ1) is 21.8. The number of unbranched alkanes of at least 4 members (excludes halogenated alkanes) is 4. The summed E-state index contributed by atoms with van der Waals surface area (Å²) in [5.74, 6) is -0.480. The van der Waals surface area contributed by atoms with Gasteiger partial charge in [0.2, 0.25) is 0 Å². The molecule has 134 valence electrons. The van der Waals surface area contributed by atoms with Gasteiger partial charge in [-0.25, -0.2) is 0 Å². The lowest BCUT2D eigenvalue weighted by Crippen LogP contribution is -2.24. The van der Waals surface area contributed by atoms with Crippen molar-refractivity contribution in [2.45, 2.75) is 83.7 Å². The fourth-order valence-corrected chi connectivity index (χ4v) is 2.41. The van der Waals surface area contributed by atoms with E-state index in [1.807, 2.05) is 13.8 Å². The van der Waals surface area contributed by atoms with Crippen molar-refractivity contribution >= 4 is 0 Å². The Balaban J connectivity index is 0.00000211. The van der Waals surface area contributed by atoms with Crippen molar-refractivity contribution in [2.75, 3.05) is 26.9 Å². The summed E-state index contributed by atoms with van der Waals surface area (Å²) in [5, 5.41) is 16.8. The first-order valence-corrected chi connectivity index (χ1v) is 8.56. The molecule has 5 nitrogen and oxygen atoms in total. The van der Waals surface area contributed by atoms with Crippen LogP contribution in [0.1, 0.15) is 65.7 Å². The molecule has 0 aromatic heterocycles. The van der Waals surface area contributed by atoms with Crippen LogP contribution in [-0.4, -0.2) is 55.1 Å². The minimum Gasteiger partial charge on any atom is -0.400 e. The van der Waals surface area contributed by atoms with Crippen LogP contribution >= 0.6 is 0 Å². The summed E-state index contributed by atoms with van der Waals surface area (Å²) in [6, 6.07) is 0. The molecule has 1 fully saturated rings. The molecular formula is C17H36O5. The Kier molecular flexibility index (Phi) is 13.1. The van der Waals surface area contributed by atoms with E-state index >= 15 is 0 Å². The number of aliphatic hydroxyl groups is 2. The van der Waals surface area contributed by atoms with E-state index in [0.29, 0.717) is 26.2 Å². The second-order valence-electron chi connectivity index (χ2n) is 6.17. The molecule has 0 aromatic rings. The number of hydrogen-bond donors (Lipinski definition) is 2. The van der Waals surface area contributed by atoms with Crippen molar-refractivity contribution in [1.82, 2.24) is 0 Å². The van der Waals surface area contributed by atoms with Gasteiger partial charge in [0.25, 0.3) is 0 Å². The zero-order chi connectivity index (χ0) is 16.8. The lowest BCUT2D eigenvalue weighted by molar-refractivity contribution is -0.145. The van der Waals surface area contributed by atoms with Crippen molar-refractivity contribution in [3.05, 3.63) is 0 Å². The average molecular weight is 320 g/mol. The number of hydrogen-bond acceptors (Lipinski definition) is 5. The van der Waals surface area contributed by atoms with Gasteiger partial charge < -0.3 is 24.4 Å². The largest absolute Gasteiger partial charge is 0.400 e. The maximum Gasteiger partial charge on any atom is 0.163 e. The molecule has 1 saturated heterocycles. The maximum atomic E-state index is 9.84. The third-order valence-electron chi connectivity index (χ3n) is 3.61. The topological polar surface area (TPSA) is 68.2 Å². The molecular weight excluding hydrogens is 284 g/mol. The van der Waals surface area contributed by atoms with Gasteiger partial charge in [0.05, 0.1) is 19.3 Å². The highest BCUT2D eigenvalue weighted by atomic mass is 16.7. The summed E-state index contributed by atoms with van der Waals surface area (Å²) in [6.45, 7) is 7.77. The zero-order valence-electron chi connectivity index (χ0n) is 14.8. The molecule has 0 saturated carbocycles. The lowest BCUT2D eigenvalue weighted by atomic mass is 10.1. The smallest absolute Gasteiger partial charge is 0.163 e. The summed E-state index contributed by atoms with van der Waals surface area (Å²) in [5.41, 5.74) is 0. The molecule has 0 radical (unpaired) electrons. The summed E-state index contributed by atoms with van der Waals surface area (Å²) < 4.78 is 16.7. The van der Waals surface area contributed by atoms with Crippen molar-refractivity contribution < 1.29 is 24.4 Å². The normalized spacial score (nSPS) is 21.3. The van der Waals surface area contributed by atoms with Gasteiger partial charge in [-0.1, -0.05) is 39.0 Å². The molecule has 1 rings (SSSR count). The quantitative estimate of drug-likeness (QED) is 0.573. The molecule has 1 unspecified atom stereocenters. The molecule has 1 aliphatic rings. The van der Waals surface area contributed by atoms with Crippen LogP contribution in [0.25, 0.3) is 0 Å². The number of aliphatic hydroxyl groups excluding tert-OH is 2. The molecule has 0 spiro atoms. The molecule has 0 bridgehead atoms. The Hall–Kier alpha value is -0.200. The molecule has 5 heteroatoms. The van der Waals surface area contributed by atoms with Gasteiger partial charge in [0.15, 0.2) is 5.79 Å². The van der Waals surface area contributed by atoms with Gasteiger partial charge in [-0.3, -0.25) is 0 Å². The average Bonchev–Trinajstić information content (AvgIpc) is 2.85. The van der Waals surface area contributed by atoms with E-state index < -0.39 is 5.79 Å². The minimum absolute atomic E-state index is 0.0242. The summed E-state index contributed by atoms with van der Waals surface area (Å²) in [6.07, 6.45) is 7.61. The van der Waals surface area contributed by atoms with E-state index in [1.54, 1.807) is 0 Å². The Morgan fingerprint density at radius 2 is 1.82 bits per heavy atom. The summed E-state index contributed by atoms with van der Waals surface area (Å²) in [4.78, 5) is 0. The standard InChI is InChI=1S/C16H32O4.CH4O/c1-4-5-6-7-8-9-14(17)10-11-18-12-15-13-19-16(2,3)20-15;1-2/h14-15,17H,4-13H2,1-3H3;2H,1H3/t14-,15?;/m1./s1. The highest BCUT2D eigenvalue weighted by molar-refractivity contribution is 4.70. The van der Waals surface area contributed by atoms with Crippen LogP contribution in [0.4, 0.5) is 0 Å². The van der Waals surface area contributed by atoms with Crippen molar-refractivity contribution in [1.29, 1.82) is 0 Å². The van der Waals surface area contributed by atoms with Gasteiger partial charge in [-0.2, -0.15) is 0 Å². The van der Waals surface area contributed by atoms with Crippen molar-refractivity contribution in [2.24, 2.45) is 0 Å². The SMILES string of the molecule is CCCCCCC[C@@H](O)CCOCC1COC(C)(C)O1.CO. The van der Waals surface area contributed by atoms with Gasteiger partial charge in [-0.15, -0.1) is 0 Å². The predicted molar refractivity (Wildman–Crippen MR) is 87.9 cm³/mol. The van der Waals surface area contributed by atoms with Crippen LogP contribution in [0.15, 0.2) is 0 Å². The predicted octanol–water partition coefficient (Wildman–Crippen LogP) is 2.87. The maximum absolute atomic E-state index is 9.84. The van der Waals surface area contributed by atoms with Crippen molar-refractivity contribution in [3.8, 4) is 0 Å². The molecule has 22 heavy (non-hydrogen) atoms. The molecule has 2 N–H and O–H groups in total. The van der Waals surface area contributed by atoms with E-state index in [4.69, 9.17) is 19.3 Å². The van der Waals surface area contributed by atoms with Crippen LogP contribution in [0, 0.1) is 0 Å². The van der Waals surface area contributed by atoms with Crippen LogP contribution < -0.4 is 0 Å². The zero-order valence-corrected chi connectivity index (χ0v) is 14.8. The molecule has 0 amide bonds. The van der Waals surface area contributed by atoms with Gasteiger partial charge in [-0.05, 0) is 26.7 Å². The summed E-state index contributed by atoms with van der Waals surface area (Å²) in [7, 11) is 1.00. The Morgan fingerprint density at radius 1 is 1.14 bits per heavy atom. The van der Waals surface area contributed by atoms with E-state index in [1.165, 1.54) is 25.7 Å². The molecule has 0 aliphatic carbocycles. The van der Waals surface area contributed by atoms with Crippen LogP contribution in [0.2, 0.25) is 0 Å². The van der Waals surface area contributed by atoms with Gasteiger partial charge >= 0.3 is 0 Å².